The van der Waals surface area contributed by atoms with E-state index in [9.17, 15) is 9.59 Å². The van der Waals surface area contributed by atoms with E-state index in [4.69, 9.17) is 14.9 Å². The van der Waals surface area contributed by atoms with Crippen molar-refractivity contribution in [2.45, 2.75) is 32.3 Å². The summed E-state index contributed by atoms with van der Waals surface area (Å²) in [4.78, 5) is 26.1. The van der Waals surface area contributed by atoms with Crippen molar-refractivity contribution in [2.75, 3.05) is 12.4 Å². The summed E-state index contributed by atoms with van der Waals surface area (Å²) in [5, 5.41) is 4.20. The van der Waals surface area contributed by atoms with E-state index in [2.05, 4.69) is 5.32 Å². The van der Waals surface area contributed by atoms with Crippen molar-refractivity contribution in [2.24, 2.45) is 5.73 Å². The molecule has 2 aromatic heterocycles. The first-order valence-electron chi connectivity index (χ1n) is 8.85. The van der Waals surface area contributed by atoms with Crippen LogP contribution in [0.1, 0.15) is 49.8 Å². The van der Waals surface area contributed by atoms with Gasteiger partial charge in [-0.15, -0.1) is 11.3 Å². The molecule has 0 aliphatic heterocycles. The van der Waals surface area contributed by atoms with Gasteiger partial charge < -0.3 is 20.2 Å². The number of aryl methyl sites for hydroxylation is 1. The molecule has 140 valence electrons. The highest BCUT2D eigenvalue weighted by atomic mass is 32.1. The lowest BCUT2D eigenvalue weighted by Crippen LogP contribution is -2.19. The number of thiophene rings is 1. The Morgan fingerprint density at radius 1 is 1.26 bits per heavy atom. The Kier molecular flexibility index (Phi) is 4.72. The number of fused-ring (bicyclic) bond motifs is 2. The highest BCUT2D eigenvalue weighted by Crippen LogP contribution is 2.38. The molecule has 0 atom stereocenters. The van der Waals surface area contributed by atoms with Gasteiger partial charge in [-0.1, -0.05) is 18.2 Å². The van der Waals surface area contributed by atoms with Gasteiger partial charge >= 0.3 is 0 Å². The zero-order valence-electron chi connectivity index (χ0n) is 15.0. The molecule has 0 saturated carbocycles. The second kappa shape index (κ2) is 7.17. The number of para-hydroxylation sites is 1. The van der Waals surface area contributed by atoms with Gasteiger partial charge in [-0.3, -0.25) is 9.59 Å². The van der Waals surface area contributed by atoms with Gasteiger partial charge in [0.05, 0.1) is 12.2 Å². The number of nitrogens with two attached hydrogens (primary N) is 1. The summed E-state index contributed by atoms with van der Waals surface area (Å²) in [6.07, 6.45) is 3.84. The molecule has 2 amide bonds. The molecule has 27 heavy (non-hydrogen) atoms. The quantitative estimate of drug-likeness (QED) is 0.698. The largest absolute Gasteiger partial charge is 0.451 e. The zero-order valence-corrected chi connectivity index (χ0v) is 15.8. The monoisotopic (exact) mass is 384 g/mol. The molecule has 0 unspecified atom stereocenters. The maximum atomic E-state index is 13.0. The van der Waals surface area contributed by atoms with Crippen LogP contribution in [0, 0.1) is 0 Å². The standard InChI is InChI=1S/C20H20N2O4S/c1-25-10-13-11-6-2-4-8-14(11)26-17(13)19(24)22-20-16(18(21)23)12-7-3-5-9-15(12)27-20/h2,4,6,8H,3,5,7,9-10H2,1H3,(H2,21,23)(H,22,24). The van der Waals surface area contributed by atoms with Gasteiger partial charge in [-0.25, -0.2) is 0 Å². The topological polar surface area (TPSA) is 94.6 Å². The fourth-order valence-electron chi connectivity index (χ4n) is 3.64. The van der Waals surface area contributed by atoms with Gasteiger partial charge in [0.25, 0.3) is 11.8 Å². The molecule has 3 N–H and O–H groups in total. The highest BCUT2D eigenvalue weighted by molar-refractivity contribution is 7.17. The van der Waals surface area contributed by atoms with Crippen LogP contribution in [0.5, 0.6) is 0 Å². The molecule has 0 fully saturated rings. The number of anilines is 1. The Labute approximate surface area is 160 Å². The Balaban J connectivity index is 1.73. The number of primary amides is 1. The van der Waals surface area contributed by atoms with Crippen LogP contribution in [0.2, 0.25) is 0 Å². The number of nitrogens with one attached hydrogen (secondary N) is 1. The number of rotatable bonds is 5. The highest BCUT2D eigenvalue weighted by Gasteiger charge is 2.27. The molecular formula is C20H20N2O4S. The minimum Gasteiger partial charge on any atom is -0.451 e. The third-order valence-corrected chi connectivity index (χ3v) is 6.05. The number of ether oxygens (including phenoxy) is 1. The van der Waals surface area contributed by atoms with Gasteiger partial charge in [0.2, 0.25) is 0 Å². The second-order valence-corrected chi connectivity index (χ2v) is 7.68. The smallest absolute Gasteiger partial charge is 0.292 e. The zero-order chi connectivity index (χ0) is 19.0. The Morgan fingerprint density at radius 3 is 2.81 bits per heavy atom. The molecule has 0 radical (unpaired) electrons. The van der Waals surface area contributed by atoms with E-state index in [1.165, 1.54) is 11.3 Å². The molecule has 0 saturated heterocycles. The van der Waals surface area contributed by atoms with Gasteiger partial charge in [0, 0.05) is 22.9 Å². The van der Waals surface area contributed by atoms with Crippen molar-refractivity contribution >= 4 is 39.1 Å². The number of carbonyl (C=O) groups excluding carboxylic acids is 2. The summed E-state index contributed by atoms with van der Waals surface area (Å²) in [7, 11) is 1.57. The molecule has 6 nitrogen and oxygen atoms in total. The number of hydrogen-bond donors (Lipinski definition) is 2. The van der Waals surface area contributed by atoms with E-state index in [1.807, 2.05) is 24.3 Å². The summed E-state index contributed by atoms with van der Waals surface area (Å²) >= 11 is 1.43. The molecule has 1 aliphatic carbocycles. The summed E-state index contributed by atoms with van der Waals surface area (Å²) in [5.41, 5.74) is 8.34. The lowest BCUT2D eigenvalue weighted by atomic mass is 9.95. The lowest BCUT2D eigenvalue weighted by molar-refractivity contribution is 0.0992. The van der Waals surface area contributed by atoms with Crippen molar-refractivity contribution in [3.8, 4) is 0 Å². The third kappa shape index (κ3) is 3.13. The number of furan rings is 1. The maximum absolute atomic E-state index is 13.0. The maximum Gasteiger partial charge on any atom is 0.292 e. The fourth-order valence-corrected chi connectivity index (χ4v) is 4.93. The van der Waals surface area contributed by atoms with E-state index in [1.54, 1.807) is 7.11 Å². The minimum absolute atomic E-state index is 0.194. The first kappa shape index (κ1) is 17.8. The molecule has 1 aliphatic rings. The van der Waals surface area contributed by atoms with Crippen LogP contribution >= 0.6 is 11.3 Å². The van der Waals surface area contributed by atoms with Crippen LogP contribution in [0.4, 0.5) is 5.00 Å². The number of carbonyl (C=O) groups is 2. The van der Waals surface area contributed by atoms with E-state index in [-0.39, 0.29) is 12.4 Å². The van der Waals surface area contributed by atoms with E-state index < -0.39 is 11.8 Å². The summed E-state index contributed by atoms with van der Waals surface area (Å²) in [5.74, 6) is -0.717. The van der Waals surface area contributed by atoms with Gasteiger partial charge in [0.15, 0.2) is 5.76 Å². The second-order valence-electron chi connectivity index (χ2n) is 6.57. The predicted octanol–water partition coefficient (Wildman–Crippen LogP) is 3.87. The third-order valence-electron chi connectivity index (χ3n) is 4.84. The van der Waals surface area contributed by atoms with Crippen molar-refractivity contribution in [1.82, 2.24) is 0 Å². The summed E-state index contributed by atoms with van der Waals surface area (Å²) in [6.45, 7) is 0.253. The molecule has 0 bridgehead atoms. The lowest BCUT2D eigenvalue weighted by Gasteiger charge is -2.11. The fraction of sp³-hybridized carbons (Fsp3) is 0.300. The van der Waals surface area contributed by atoms with Crippen LogP contribution in [0.15, 0.2) is 28.7 Å². The van der Waals surface area contributed by atoms with Crippen LogP contribution in [0.3, 0.4) is 0 Å². The summed E-state index contributed by atoms with van der Waals surface area (Å²) < 4.78 is 11.0. The number of hydrogen-bond acceptors (Lipinski definition) is 5. The number of benzene rings is 1. The Bertz CT molecular complexity index is 1030. The normalized spacial score (nSPS) is 13.5. The summed E-state index contributed by atoms with van der Waals surface area (Å²) in [6, 6.07) is 7.44. The van der Waals surface area contributed by atoms with Gasteiger partial charge in [-0.2, -0.15) is 0 Å². The van der Waals surface area contributed by atoms with Gasteiger partial charge in [0.1, 0.15) is 10.6 Å². The SMILES string of the molecule is COCc1c(C(=O)Nc2sc3c(c2C(N)=O)CCCC3)oc2ccccc12. The Hall–Kier alpha value is -2.64. The molecule has 4 rings (SSSR count). The van der Waals surface area contributed by atoms with Crippen LogP contribution in [0.25, 0.3) is 11.0 Å². The first-order valence-corrected chi connectivity index (χ1v) is 9.66. The Morgan fingerprint density at radius 2 is 2.04 bits per heavy atom. The molecule has 3 aromatic rings. The van der Waals surface area contributed by atoms with Crippen LogP contribution < -0.4 is 11.1 Å². The molecule has 7 heteroatoms. The minimum atomic E-state index is -0.508. The van der Waals surface area contributed by atoms with Crippen molar-refractivity contribution < 1.29 is 18.7 Å². The van der Waals surface area contributed by atoms with Crippen molar-refractivity contribution in [1.29, 1.82) is 0 Å². The number of methoxy groups -OCH3 is 1. The van der Waals surface area contributed by atoms with Crippen molar-refractivity contribution in [3.05, 3.63) is 51.6 Å². The van der Waals surface area contributed by atoms with E-state index >= 15 is 0 Å². The molecular weight excluding hydrogens is 364 g/mol. The predicted molar refractivity (Wildman–Crippen MR) is 104 cm³/mol. The van der Waals surface area contributed by atoms with Crippen molar-refractivity contribution in [3.63, 3.8) is 0 Å². The first-order chi connectivity index (χ1) is 13.1. The van der Waals surface area contributed by atoms with Gasteiger partial charge in [-0.05, 0) is 37.3 Å². The van der Waals surface area contributed by atoms with Crippen LogP contribution in [-0.2, 0) is 24.2 Å². The molecule has 0 spiro atoms. The number of amides is 2. The molecule has 2 heterocycles. The average Bonchev–Trinajstić information content (AvgIpc) is 3.20. The van der Waals surface area contributed by atoms with E-state index in [0.29, 0.717) is 21.7 Å². The van der Waals surface area contributed by atoms with E-state index in [0.717, 1.165) is 41.5 Å². The van der Waals surface area contributed by atoms with Crippen LogP contribution in [-0.4, -0.2) is 18.9 Å². The molecule has 1 aromatic carbocycles. The average molecular weight is 384 g/mol.